The second kappa shape index (κ2) is 12.8. The number of aliphatic hydroxyl groups is 1. The molecule has 4 rings (SSSR count). The number of nitrogens with zero attached hydrogens (tertiary/aromatic N) is 3. The second-order valence-electron chi connectivity index (χ2n) is 10.9. The first-order valence-corrected chi connectivity index (χ1v) is 13.9. The molecule has 1 saturated heterocycles. The number of hydrogen-bond acceptors (Lipinski definition) is 6. The predicted molar refractivity (Wildman–Crippen MR) is 136 cm³/mol. The highest BCUT2D eigenvalue weighted by atomic mass is 16.3. The molecule has 2 saturated carbocycles. The number of unbranched alkanes of at least 4 members (excludes halogenated alkanes) is 4. The van der Waals surface area contributed by atoms with E-state index in [2.05, 4.69) is 27.4 Å². The summed E-state index contributed by atoms with van der Waals surface area (Å²) in [5, 5.41) is 16.7. The molecular weight excluding hydrogens is 426 g/mol. The number of hydrogen-bond donors (Lipinski definition) is 3. The number of nitrogens with one attached hydrogen (secondary N) is 2. The van der Waals surface area contributed by atoms with Gasteiger partial charge in [0, 0.05) is 44.3 Å². The summed E-state index contributed by atoms with van der Waals surface area (Å²) in [7, 11) is 0. The SMILES string of the molecule is CCCCCCCc1ncc(C(=O)NC2CCN(CC3CC3)CC2)c(N[C@H]2CC[C@H](O)CC2)n1. The Morgan fingerprint density at radius 3 is 2.44 bits per heavy atom. The first-order chi connectivity index (χ1) is 16.6. The van der Waals surface area contributed by atoms with E-state index in [9.17, 15) is 9.90 Å². The molecule has 190 valence electrons. The number of aliphatic hydroxyl groups excluding tert-OH is 1. The molecule has 3 N–H and O–H groups in total. The standard InChI is InChI=1S/C27H45N5O2/c1-2-3-4-5-6-7-25-28-18-24(26(31-25)29-21-10-12-23(33)13-11-21)27(34)30-22-14-16-32(17-15-22)19-20-8-9-20/h18,20-23,33H,2-17,19H2,1H3,(H,30,34)(H,28,29,31)/t21-,23-. The average molecular weight is 472 g/mol. The Kier molecular flexibility index (Phi) is 9.57. The van der Waals surface area contributed by atoms with Crippen LogP contribution < -0.4 is 10.6 Å². The van der Waals surface area contributed by atoms with Gasteiger partial charge in [-0.25, -0.2) is 9.97 Å². The van der Waals surface area contributed by atoms with Gasteiger partial charge >= 0.3 is 0 Å². The molecule has 3 aliphatic rings. The molecule has 1 aromatic rings. The Balaban J connectivity index is 1.35. The predicted octanol–water partition coefficient (Wildman–Crippen LogP) is 4.31. The van der Waals surface area contributed by atoms with Crippen molar-refractivity contribution in [3.05, 3.63) is 17.6 Å². The van der Waals surface area contributed by atoms with Gasteiger partial charge in [0.15, 0.2) is 0 Å². The van der Waals surface area contributed by atoms with Gasteiger partial charge in [0.25, 0.3) is 5.91 Å². The van der Waals surface area contributed by atoms with Gasteiger partial charge in [-0.15, -0.1) is 0 Å². The summed E-state index contributed by atoms with van der Waals surface area (Å²) in [5.74, 6) is 2.35. The van der Waals surface area contributed by atoms with Crippen molar-refractivity contribution in [2.45, 2.75) is 115 Å². The van der Waals surface area contributed by atoms with Crippen LogP contribution >= 0.6 is 0 Å². The van der Waals surface area contributed by atoms with Crippen LogP contribution in [0, 0.1) is 5.92 Å². The molecule has 0 atom stereocenters. The molecule has 1 aromatic heterocycles. The lowest BCUT2D eigenvalue weighted by Gasteiger charge is -2.32. The van der Waals surface area contributed by atoms with E-state index < -0.39 is 0 Å². The lowest BCUT2D eigenvalue weighted by atomic mass is 9.93. The van der Waals surface area contributed by atoms with Crippen molar-refractivity contribution in [2.75, 3.05) is 25.0 Å². The average Bonchev–Trinajstić information content (AvgIpc) is 3.66. The fourth-order valence-electron chi connectivity index (χ4n) is 5.30. The Hall–Kier alpha value is -1.73. The fourth-order valence-corrected chi connectivity index (χ4v) is 5.30. The number of carbonyl (C=O) groups excluding carboxylic acids is 1. The maximum Gasteiger partial charge on any atom is 0.256 e. The highest BCUT2D eigenvalue weighted by Gasteiger charge is 2.28. The minimum Gasteiger partial charge on any atom is -0.393 e. The zero-order valence-corrected chi connectivity index (χ0v) is 21.1. The summed E-state index contributed by atoms with van der Waals surface area (Å²) < 4.78 is 0. The van der Waals surface area contributed by atoms with Gasteiger partial charge < -0.3 is 20.6 Å². The third-order valence-corrected chi connectivity index (χ3v) is 7.76. The van der Waals surface area contributed by atoms with Crippen LogP contribution in [0.25, 0.3) is 0 Å². The van der Waals surface area contributed by atoms with E-state index in [-0.39, 0.29) is 24.1 Å². The molecule has 0 radical (unpaired) electrons. The van der Waals surface area contributed by atoms with Gasteiger partial charge in [-0.2, -0.15) is 0 Å². The van der Waals surface area contributed by atoms with Crippen molar-refractivity contribution >= 4 is 11.7 Å². The molecular formula is C27H45N5O2. The number of likely N-dealkylation sites (tertiary alicyclic amines) is 1. The first-order valence-electron chi connectivity index (χ1n) is 13.9. The summed E-state index contributed by atoms with van der Waals surface area (Å²) in [4.78, 5) is 25.2. The first kappa shape index (κ1) is 25.4. The van der Waals surface area contributed by atoms with Gasteiger partial charge in [-0.3, -0.25) is 4.79 Å². The smallest absolute Gasteiger partial charge is 0.256 e. The normalized spacial score (nSPS) is 24.2. The van der Waals surface area contributed by atoms with Crippen molar-refractivity contribution in [3.8, 4) is 0 Å². The summed E-state index contributed by atoms with van der Waals surface area (Å²) in [5.41, 5.74) is 0.557. The zero-order chi connectivity index (χ0) is 23.8. The largest absolute Gasteiger partial charge is 0.393 e. The van der Waals surface area contributed by atoms with Crippen LogP contribution in [0.3, 0.4) is 0 Å². The van der Waals surface area contributed by atoms with Crippen molar-refractivity contribution in [3.63, 3.8) is 0 Å². The molecule has 1 amide bonds. The van der Waals surface area contributed by atoms with Crippen LogP contribution in [0.4, 0.5) is 5.82 Å². The van der Waals surface area contributed by atoms with Crippen LogP contribution in [-0.4, -0.2) is 63.7 Å². The van der Waals surface area contributed by atoms with Crippen molar-refractivity contribution < 1.29 is 9.90 Å². The molecule has 2 heterocycles. The quantitative estimate of drug-likeness (QED) is 0.394. The third-order valence-electron chi connectivity index (χ3n) is 7.76. The molecule has 0 bridgehead atoms. The monoisotopic (exact) mass is 471 g/mol. The topological polar surface area (TPSA) is 90.4 Å². The Labute approximate surface area is 205 Å². The molecule has 1 aliphatic heterocycles. The number of rotatable bonds is 12. The maximum atomic E-state index is 13.3. The fraction of sp³-hybridized carbons (Fsp3) is 0.815. The van der Waals surface area contributed by atoms with Crippen LogP contribution in [0.2, 0.25) is 0 Å². The lowest BCUT2D eigenvalue weighted by molar-refractivity contribution is 0.0909. The lowest BCUT2D eigenvalue weighted by Crippen LogP contribution is -2.45. The van der Waals surface area contributed by atoms with Gasteiger partial charge in [-0.1, -0.05) is 32.6 Å². The molecule has 0 unspecified atom stereocenters. The number of anilines is 1. The van der Waals surface area contributed by atoms with Crippen LogP contribution in [0.5, 0.6) is 0 Å². The van der Waals surface area contributed by atoms with Crippen molar-refractivity contribution in [1.82, 2.24) is 20.2 Å². The number of amides is 1. The molecule has 7 nitrogen and oxygen atoms in total. The van der Waals surface area contributed by atoms with Crippen molar-refractivity contribution in [1.29, 1.82) is 0 Å². The van der Waals surface area contributed by atoms with Gasteiger partial charge in [-0.05, 0) is 63.7 Å². The second-order valence-corrected chi connectivity index (χ2v) is 10.9. The van der Waals surface area contributed by atoms with Gasteiger partial charge in [0.05, 0.1) is 6.10 Å². The maximum absolute atomic E-state index is 13.3. The van der Waals surface area contributed by atoms with Gasteiger partial charge in [0.1, 0.15) is 17.2 Å². The molecule has 0 aromatic carbocycles. The van der Waals surface area contributed by atoms with Crippen molar-refractivity contribution in [2.24, 2.45) is 5.92 Å². The summed E-state index contributed by atoms with van der Waals surface area (Å²) in [6.45, 7) is 5.61. The zero-order valence-electron chi connectivity index (χ0n) is 21.1. The minimum absolute atomic E-state index is 0.0616. The third kappa shape index (κ3) is 7.91. The minimum atomic E-state index is -0.198. The molecule has 34 heavy (non-hydrogen) atoms. The van der Waals surface area contributed by atoms with E-state index in [0.29, 0.717) is 11.4 Å². The van der Waals surface area contributed by atoms with E-state index in [1.165, 1.54) is 45.1 Å². The number of aromatic nitrogens is 2. The Morgan fingerprint density at radius 1 is 1.00 bits per heavy atom. The van der Waals surface area contributed by atoms with E-state index in [4.69, 9.17) is 4.98 Å². The molecule has 7 heteroatoms. The Bertz CT molecular complexity index is 768. The summed E-state index contributed by atoms with van der Waals surface area (Å²) >= 11 is 0. The van der Waals surface area contributed by atoms with E-state index in [1.807, 2.05) is 0 Å². The number of aryl methyl sites for hydroxylation is 1. The summed E-state index contributed by atoms with van der Waals surface area (Å²) in [6, 6.07) is 0.465. The van der Waals surface area contributed by atoms with Crippen LogP contribution in [0.15, 0.2) is 6.20 Å². The number of piperidine rings is 1. The van der Waals surface area contributed by atoms with Crippen LogP contribution in [-0.2, 0) is 6.42 Å². The summed E-state index contributed by atoms with van der Waals surface area (Å²) in [6.07, 6.45) is 16.6. The highest BCUT2D eigenvalue weighted by Crippen LogP contribution is 2.30. The van der Waals surface area contributed by atoms with Crippen LogP contribution in [0.1, 0.15) is 107 Å². The van der Waals surface area contributed by atoms with E-state index >= 15 is 0 Å². The molecule has 3 fully saturated rings. The Morgan fingerprint density at radius 2 is 1.74 bits per heavy atom. The van der Waals surface area contributed by atoms with Gasteiger partial charge in [0.2, 0.25) is 0 Å². The van der Waals surface area contributed by atoms with E-state index in [1.54, 1.807) is 6.20 Å². The molecule has 2 aliphatic carbocycles. The van der Waals surface area contributed by atoms with E-state index in [0.717, 1.165) is 76.2 Å². The number of carbonyl (C=O) groups is 1. The highest BCUT2D eigenvalue weighted by molar-refractivity contribution is 5.98. The molecule has 0 spiro atoms.